The highest BCUT2D eigenvalue weighted by Crippen LogP contribution is 2.29. The van der Waals surface area contributed by atoms with Gasteiger partial charge in [0.25, 0.3) is 5.56 Å². The van der Waals surface area contributed by atoms with Crippen molar-refractivity contribution in [1.29, 1.82) is 0 Å². The van der Waals surface area contributed by atoms with Gasteiger partial charge in [-0.1, -0.05) is 65.7 Å². The Morgan fingerprint density at radius 2 is 1.63 bits per heavy atom. The predicted molar refractivity (Wildman–Crippen MR) is 112 cm³/mol. The smallest absolute Gasteiger partial charge is 0.261 e. The van der Waals surface area contributed by atoms with E-state index in [1.54, 1.807) is 28.8 Å². The molecule has 0 spiro atoms. The van der Waals surface area contributed by atoms with E-state index in [9.17, 15) is 4.79 Å². The quantitative estimate of drug-likeness (QED) is 0.450. The molecule has 1 heterocycles. The Morgan fingerprint density at radius 1 is 0.889 bits per heavy atom. The summed E-state index contributed by atoms with van der Waals surface area (Å²) in [6.45, 7) is 0.509. The minimum Gasteiger partial charge on any atom is -0.292 e. The molecule has 4 aromatic rings. The van der Waals surface area contributed by atoms with E-state index in [0.717, 1.165) is 12.0 Å². The molecule has 0 unspecified atom stereocenters. The van der Waals surface area contributed by atoms with Crippen LogP contribution in [0.25, 0.3) is 22.3 Å². The molecule has 0 atom stereocenters. The molecule has 0 fully saturated rings. The predicted octanol–water partition coefficient (Wildman–Crippen LogP) is 5.61. The van der Waals surface area contributed by atoms with Crippen LogP contribution < -0.4 is 5.56 Å². The van der Waals surface area contributed by atoms with E-state index < -0.39 is 0 Å². The van der Waals surface area contributed by atoms with Crippen molar-refractivity contribution in [3.05, 3.63) is 98.8 Å². The van der Waals surface area contributed by atoms with Gasteiger partial charge >= 0.3 is 0 Å². The third kappa shape index (κ3) is 3.61. The van der Waals surface area contributed by atoms with Crippen molar-refractivity contribution >= 4 is 34.1 Å². The summed E-state index contributed by atoms with van der Waals surface area (Å²) < 4.78 is 1.70. The number of para-hydroxylation sites is 1. The van der Waals surface area contributed by atoms with Gasteiger partial charge in [-0.05, 0) is 42.3 Å². The molecule has 134 valence electrons. The highest BCUT2D eigenvalue weighted by molar-refractivity contribution is 6.36. The third-order valence-corrected chi connectivity index (χ3v) is 5.05. The van der Waals surface area contributed by atoms with E-state index in [2.05, 4.69) is 12.1 Å². The highest BCUT2D eigenvalue weighted by Gasteiger charge is 2.15. The SMILES string of the molecule is O=c1c2ccccc2nc(-c2ccc(Cl)cc2Cl)n1CCc1ccccc1. The summed E-state index contributed by atoms with van der Waals surface area (Å²) in [7, 11) is 0. The molecular formula is C22H16Cl2N2O. The molecule has 1 aromatic heterocycles. The van der Waals surface area contributed by atoms with Gasteiger partial charge in [-0.3, -0.25) is 9.36 Å². The van der Waals surface area contributed by atoms with Crippen LogP contribution in [0.2, 0.25) is 10.0 Å². The van der Waals surface area contributed by atoms with Crippen LogP contribution in [0.5, 0.6) is 0 Å². The lowest BCUT2D eigenvalue weighted by Crippen LogP contribution is -2.24. The standard InChI is InChI=1S/C22H16Cl2N2O/c23-16-10-11-17(19(24)14-16)21-25-20-9-5-4-8-18(20)22(27)26(21)13-12-15-6-2-1-3-7-15/h1-11,14H,12-13H2. The second kappa shape index (κ2) is 7.55. The van der Waals surface area contributed by atoms with E-state index in [1.807, 2.05) is 36.4 Å². The normalized spacial score (nSPS) is 11.0. The molecule has 0 N–H and O–H groups in total. The average molecular weight is 395 g/mol. The Balaban J connectivity index is 1.89. The summed E-state index contributed by atoms with van der Waals surface area (Å²) in [6.07, 6.45) is 0.721. The first-order valence-corrected chi connectivity index (χ1v) is 9.38. The molecule has 4 rings (SSSR count). The second-order valence-corrected chi connectivity index (χ2v) is 7.11. The molecule has 0 aliphatic carbocycles. The Bertz CT molecular complexity index is 1170. The lowest BCUT2D eigenvalue weighted by Gasteiger charge is -2.15. The number of benzene rings is 3. The number of hydrogen-bond acceptors (Lipinski definition) is 2. The number of aromatic nitrogens is 2. The van der Waals surface area contributed by atoms with Crippen LogP contribution in [0.15, 0.2) is 77.6 Å². The van der Waals surface area contributed by atoms with Gasteiger partial charge in [0, 0.05) is 17.1 Å². The number of fused-ring (bicyclic) bond motifs is 1. The molecule has 5 heteroatoms. The summed E-state index contributed by atoms with van der Waals surface area (Å²) in [4.78, 5) is 17.9. The van der Waals surface area contributed by atoms with Gasteiger partial charge in [-0.15, -0.1) is 0 Å². The molecule has 0 radical (unpaired) electrons. The van der Waals surface area contributed by atoms with Crippen LogP contribution in [0, 0.1) is 0 Å². The third-order valence-electron chi connectivity index (χ3n) is 4.50. The maximum atomic E-state index is 13.2. The molecule has 0 saturated heterocycles. The summed E-state index contributed by atoms with van der Waals surface area (Å²) >= 11 is 12.5. The zero-order chi connectivity index (χ0) is 18.8. The summed E-state index contributed by atoms with van der Waals surface area (Å²) in [5.74, 6) is 0.552. The Hall–Kier alpha value is -2.62. The topological polar surface area (TPSA) is 34.9 Å². The number of rotatable bonds is 4. The van der Waals surface area contributed by atoms with Gasteiger partial charge in [0.1, 0.15) is 5.82 Å². The number of aryl methyl sites for hydroxylation is 1. The molecule has 0 aliphatic heterocycles. The van der Waals surface area contributed by atoms with Crippen molar-refractivity contribution < 1.29 is 0 Å². The Kier molecular flexibility index (Phi) is 4.97. The molecule has 3 nitrogen and oxygen atoms in total. The van der Waals surface area contributed by atoms with Crippen molar-refractivity contribution in [2.75, 3.05) is 0 Å². The molecular weight excluding hydrogens is 379 g/mol. The zero-order valence-electron chi connectivity index (χ0n) is 14.4. The van der Waals surface area contributed by atoms with E-state index >= 15 is 0 Å². The largest absolute Gasteiger partial charge is 0.292 e. The van der Waals surface area contributed by atoms with Gasteiger partial charge in [-0.25, -0.2) is 4.98 Å². The van der Waals surface area contributed by atoms with Crippen molar-refractivity contribution in [2.45, 2.75) is 13.0 Å². The molecule has 27 heavy (non-hydrogen) atoms. The van der Waals surface area contributed by atoms with Crippen LogP contribution in [0.3, 0.4) is 0 Å². The maximum absolute atomic E-state index is 13.2. The molecule has 0 saturated carbocycles. The molecule has 0 bridgehead atoms. The zero-order valence-corrected chi connectivity index (χ0v) is 15.9. The van der Waals surface area contributed by atoms with Crippen molar-refractivity contribution in [3.8, 4) is 11.4 Å². The fourth-order valence-corrected chi connectivity index (χ4v) is 3.63. The van der Waals surface area contributed by atoms with E-state index in [-0.39, 0.29) is 5.56 Å². The summed E-state index contributed by atoms with van der Waals surface area (Å²) in [5.41, 5.74) is 2.43. The lowest BCUT2D eigenvalue weighted by molar-refractivity contribution is 0.671. The fraction of sp³-hybridized carbons (Fsp3) is 0.0909. The van der Waals surface area contributed by atoms with Crippen molar-refractivity contribution in [1.82, 2.24) is 9.55 Å². The number of halogens is 2. The maximum Gasteiger partial charge on any atom is 0.261 e. The van der Waals surface area contributed by atoms with Crippen LogP contribution in [-0.4, -0.2) is 9.55 Å². The Labute approximate surface area is 166 Å². The van der Waals surface area contributed by atoms with Gasteiger partial charge < -0.3 is 0 Å². The van der Waals surface area contributed by atoms with Gasteiger partial charge in [-0.2, -0.15) is 0 Å². The fourth-order valence-electron chi connectivity index (χ4n) is 3.14. The van der Waals surface area contributed by atoms with Crippen LogP contribution in [0.1, 0.15) is 5.56 Å². The molecule has 0 amide bonds. The van der Waals surface area contributed by atoms with Gasteiger partial charge in [0.05, 0.1) is 15.9 Å². The molecule has 3 aromatic carbocycles. The van der Waals surface area contributed by atoms with E-state index in [1.165, 1.54) is 0 Å². The number of nitrogens with zero attached hydrogens (tertiary/aromatic N) is 2. The van der Waals surface area contributed by atoms with Gasteiger partial charge in [0.15, 0.2) is 0 Å². The van der Waals surface area contributed by atoms with E-state index in [4.69, 9.17) is 28.2 Å². The first-order valence-electron chi connectivity index (χ1n) is 8.62. The van der Waals surface area contributed by atoms with Crippen LogP contribution in [0.4, 0.5) is 0 Å². The second-order valence-electron chi connectivity index (χ2n) is 6.27. The first kappa shape index (κ1) is 17.8. The minimum atomic E-state index is -0.0717. The Morgan fingerprint density at radius 3 is 2.41 bits per heavy atom. The van der Waals surface area contributed by atoms with Crippen molar-refractivity contribution in [2.24, 2.45) is 0 Å². The highest BCUT2D eigenvalue weighted by atomic mass is 35.5. The van der Waals surface area contributed by atoms with Crippen LogP contribution >= 0.6 is 23.2 Å². The summed E-state index contributed by atoms with van der Waals surface area (Å²) in [5, 5.41) is 1.61. The summed E-state index contributed by atoms with van der Waals surface area (Å²) in [6, 6.07) is 22.7. The first-order chi connectivity index (χ1) is 13.1. The van der Waals surface area contributed by atoms with Gasteiger partial charge in [0.2, 0.25) is 0 Å². The van der Waals surface area contributed by atoms with E-state index in [0.29, 0.717) is 38.9 Å². The molecule has 0 aliphatic rings. The minimum absolute atomic E-state index is 0.0717. The average Bonchev–Trinajstić information content (AvgIpc) is 2.68. The monoisotopic (exact) mass is 394 g/mol. The van der Waals surface area contributed by atoms with Crippen LogP contribution in [-0.2, 0) is 13.0 Å². The number of hydrogen-bond donors (Lipinski definition) is 0. The van der Waals surface area contributed by atoms with Crippen molar-refractivity contribution in [3.63, 3.8) is 0 Å². The lowest BCUT2D eigenvalue weighted by atomic mass is 10.1.